The molecule has 2 aromatic rings. The van der Waals surface area contributed by atoms with Crippen molar-refractivity contribution in [3.63, 3.8) is 0 Å². The summed E-state index contributed by atoms with van der Waals surface area (Å²) in [6.07, 6.45) is 3.09. The summed E-state index contributed by atoms with van der Waals surface area (Å²) in [5.41, 5.74) is 1.09. The lowest BCUT2D eigenvalue weighted by Gasteiger charge is -1.98. The van der Waals surface area contributed by atoms with E-state index in [-0.39, 0.29) is 0 Å². The van der Waals surface area contributed by atoms with Gasteiger partial charge in [0.2, 0.25) is 0 Å². The number of aromatic nitrogens is 1. The highest BCUT2D eigenvalue weighted by Crippen LogP contribution is 2.26. The zero-order valence-electron chi connectivity index (χ0n) is 9.74. The highest BCUT2D eigenvalue weighted by atomic mass is 35.5. The van der Waals surface area contributed by atoms with Crippen molar-refractivity contribution in [3.8, 4) is 10.6 Å². The van der Waals surface area contributed by atoms with Crippen molar-refractivity contribution in [2.24, 2.45) is 0 Å². The SMILES string of the molecule is CCCNCc1cnc(-c2cccc(Cl)c2)s1. The fraction of sp³-hybridized carbons (Fsp3) is 0.308. The van der Waals surface area contributed by atoms with Crippen LogP contribution in [0.15, 0.2) is 30.5 Å². The van der Waals surface area contributed by atoms with Crippen LogP contribution in [0.3, 0.4) is 0 Å². The summed E-state index contributed by atoms with van der Waals surface area (Å²) in [5.74, 6) is 0. The molecule has 0 bridgehead atoms. The quantitative estimate of drug-likeness (QED) is 0.829. The number of nitrogens with zero attached hydrogens (tertiary/aromatic N) is 1. The molecule has 0 saturated heterocycles. The second-order valence-electron chi connectivity index (χ2n) is 3.82. The van der Waals surface area contributed by atoms with Gasteiger partial charge in [-0.1, -0.05) is 30.7 Å². The van der Waals surface area contributed by atoms with Gasteiger partial charge in [-0.3, -0.25) is 0 Å². The van der Waals surface area contributed by atoms with Crippen molar-refractivity contribution in [3.05, 3.63) is 40.4 Å². The van der Waals surface area contributed by atoms with Crippen molar-refractivity contribution in [1.82, 2.24) is 10.3 Å². The number of hydrogen-bond donors (Lipinski definition) is 1. The summed E-state index contributed by atoms with van der Waals surface area (Å²) in [4.78, 5) is 5.68. The minimum absolute atomic E-state index is 0.753. The van der Waals surface area contributed by atoms with Crippen LogP contribution in [0.5, 0.6) is 0 Å². The van der Waals surface area contributed by atoms with Crippen LogP contribution in [0.25, 0.3) is 10.6 Å². The van der Waals surface area contributed by atoms with Gasteiger partial charge in [0.1, 0.15) is 5.01 Å². The molecule has 0 saturated carbocycles. The minimum Gasteiger partial charge on any atom is -0.312 e. The van der Waals surface area contributed by atoms with E-state index in [0.29, 0.717) is 0 Å². The molecule has 0 aliphatic carbocycles. The Morgan fingerprint density at radius 2 is 2.29 bits per heavy atom. The Hall–Kier alpha value is -0.900. The smallest absolute Gasteiger partial charge is 0.123 e. The van der Waals surface area contributed by atoms with Crippen molar-refractivity contribution in [2.75, 3.05) is 6.54 Å². The molecule has 90 valence electrons. The first kappa shape index (κ1) is 12.6. The van der Waals surface area contributed by atoms with Gasteiger partial charge in [-0.15, -0.1) is 11.3 Å². The molecule has 2 rings (SSSR count). The molecule has 0 radical (unpaired) electrons. The monoisotopic (exact) mass is 266 g/mol. The molecule has 0 fully saturated rings. The second-order valence-corrected chi connectivity index (χ2v) is 5.37. The molecule has 0 atom stereocenters. The van der Waals surface area contributed by atoms with E-state index >= 15 is 0 Å². The normalized spacial score (nSPS) is 10.7. The van der Waals surface area contributed by atoms with E-state index in [1.165, 1.54) is 4.88 Å². The van der Waals surface area contributed by atoms with Crippen LogP contribution in [-0.2, 0) is 6.54 Å². The highest BCUT2D eigenvalue weighted by Gasteiger charge is 2.04. The van der Waals surface area contributed by atoms with Crippen LogP contribution < -0.4 is 5.32 Å². The van der Waals surface area contributed by atoms with Gasteiger partial charge in [-0.25, -0.2) is 4.98 Å². The highest BCUT2D eigenvalue weighted by molar-refractivity contribution is 7.15. The fourth-order valence-corrected chi connectivity index (χ4v) is 2.60. The molecule has 0 spiro atoms. The number of halogens is 1. The molecule has 17 heavy (non-hydrogen) atoms. The van der Waals surface area contributed by atoms with Crippen LogP contribution in [0.2, 0.25) is 5.02 Å². The van der Waals surface area contributed by atoms with Crippen LogP contribution in [-0.4, -0.2) is 11.5 Å². The number of thiazole rings is 1. The van der Waals surface area contributed by atoms with Crippen LogP contribution in [0.4, 0.5) is 0 Å². The van der Waals surface area contributed by atoms with E-state index in [9.17, 15) is 0 Å². The van der Waals surface area contributed by atoms with E-state index < -0.39 is 0 Å². The van der Waals surface area contributed by atoms with Gasteiger partial charge >= 0.3 is 0 Å². The first-order valence-corrected chi connectivity index (χ1v) is 6.90. The topological polar surface area (TPSA) is 24.9 Å². The molecule has 0 amide bonds. The molecular formula is C13H15ClN2S. The molecule has 1 aromatic carbocycles. The molecule has 0 unspecified atom stereocenters. The largest absolute Gasteiger partial charge is 0.312 e. The fourth-order valence-electron chi connectivity index (χ4n) is 1.53. The summed E-state index contributed by atoms with van der Waals surface area (Å²) in [5, 5.41) is 5.15. The lowest BCUT2D eigenvalue weighted by atomic mass is 10.2. The van der Waals surface area contributed by atoms with Crippen molar-refractivity contribution >= 4 is 22.9 Å². The predicted molar refractivity (Wildman–Crippen MR) is 74.6 cm³/mol. The summed E-state index contributed by atoms with van der Waals surface area (Å²) in [6, 6.07) is 7.81. The lowest BCUT2D eigenvalue weighted by Crippen LogP contribution is -2.12. The van der Waals surface area contributed by atoms with E-state index in [1.807, 2.05) is 30.5 Å². The molecule has 1 heterocycles. The average Bonchev–Trinajstić information content (AvgIpc) is 2.78. The standard InChI is InChI=1S/C13H15ClN2S/c1-2-6-15-8-12-9-16-13(17-12)10-4-3-5-11(14)7-10/h3-5,7,9,15H,2,6,8H2,1H3. The first-order chi connectivity index (χ1) is 8.29. The Bertz CT molecular complexity index is 482. The Kier molecular flexibility index (Phi) is 4.54. The Morgan fingerprint density at radius 3 is 3.06 bits per heavy atom. The number of nitrogens with one attached hydrogen (secondary N) is 1. The van der Waals surface area contributed by atoms with Crippen LogP contribution >= 0.6 is 22.9 Å². The van der Waals surface area contributed by atoms with E-state index in [4.69, 9.17) is 11.6 Å². The van der Waals surface area contributed by atoms with Gasteiger partial charge in [0.25, 0.3) is 0 Å². The van der Waals surface area contributed by atoms with Crippen LogP contribution in [0.1, 0.15) is 18.2 Å². The lowest BCUT2D eigenvalue weighted by molar-refractivity contribution is 0.681. The molecule has 4 heteroatoms. The molecule has 0 aliphatic rings. The summed E-state index contributed by atoms with van der Waals surface area (Å²) in [7, 11) is 0. The van der Waals surface area contributed by atoms with E-state index in [0.717, 1.165) is 35.1 Å². The molecule has 2 nitrogen and oxygen atoms in total. The Balaban J connectivity index is 2.07. The second kappa shape index (κ2) is 6.15. The Labute approximate surface area is 111 Å². The zero-order valence-corrected chi connectivity index (χ0v) is 11.3. The van der Waals surface area contributed by atoms with Gasteiger partial charge < -0.3 is 5.32 Å². The number of hydrogen-bond acceptors (Lipinski definition) is 3. The number of benzene rings is 1. The van der Waals surface area contributed by atoms with E-state index in [2.05, 4.69) is 17.2 Å². The van der Waals surface area contributed by atoms with Gasteiger partial charge in [0.05, 0.1) is 0 Å². The van der Waals surface area contributed by atoms with Crippen molar-refractivity contribution < 1.29 is 0 Å². The van der Waals surface area contributed by atoms with Crippen LogP contribution in [0, 0.1) is 0 Å². The maximum atomic E-state index is 5.97. The average molecular weight is 267 g/mol. The predicted octanol–water partition coefficient (Wildman–Crippen LogP) is 3.96. The minimum atomic E-state index is 0.753. The third kappa shape index (κ3) is 3.53. The van der Waals surface area contributed by atoms with Gasteiger partial charge in [0.15, 0.2) is 0 Å². The Morgan fingerprint density at radius 1 is 1.41 bits per heavy atom. The molecule has 1 N–H and O–H groups in total. The van der Waals surface area contributed by atoms with Crippen molar-refractivity contribution in [2.45, 2.75) is 19.9 Å². The van der Waals surface area contributed by atoms with Gasteiger partial charge in [0, 0.05) is 28.2 Å². The third-order valence-corrected chi connectivity index (χ3v) is 3.63. The first-order valence-electron chi connectivity index (χ1n) is 5.71. The molecule has 0 aliphatic heterocycles. The summed E-state index contributed by atoms with van der Waals surface area (Å²) >= 11 is 7.68. The molecule has 1 aromatic heterocycles. The maximum absolute atomic E-state index is 5.97. The van der Waals surface area contributed by atoms with Crippen molar-refractivity contribution in [1.29, 1.82) is 0 Å². The summed E-state index contributed by atoms with van der Waals surface area (Å²) in [6.45, 7) is 4.10. The maximum Gasteiger partial charge on any atom is 0.123 e. The molecular weight excluding hydrogens is 252 g/mol. The zero-order chi connectivity index (χ0) is 12.1. The number of rotatable bonds is 5. The third-order valence-electron chi connectivity index (χ3n) is 2.35. The summed E-state index contributed by atoms with van der Waals surface area (Å²) < 4.78 is 0. The van der Waals surface area contributed by atoms with Gasteiger partial charge in [-0.05, 0) is 25.1 Å². The van der Waals surface area contributed by atoms with Gasteiger partial charge in [-0.2, -0.15) is 0 Å². The van der Waals surface area contributed by atoms with E-state index in [1.54, 1.807) is 11.3 Å².